The molecule has 41 heavy (non-hydrogen) atoms. The van der Waals surface area contributed by atoms with Gasteiger partial charge in [-0.3, -0.25) is 0 Å². The monoisotopic (exact) mass is 584 g/mol. The molecule has 3 heterocycles. The predicted molar refractivity (Wildman–Crippen MR) is 146 cm³/mol. The third-order valence-electron chi connectivity index (χ3n) is 7.72. The lowest BCUT2D eigenvalue weighted by Crippen LogP contribution is -2.53. The molecule has 214 valence electrons. The number of rotatable bonds is 7. The highest BCUT2D eigenvalue weighted by atomic mass is 32.2. The van der Waals surface area contributed by atoms with Crippen LogP contribution in [0.2, 0.25) is 0 Å². The number of aliphatic hydroxyl groups is 2. The van der Waals surface area contributed by atoms with Gasteiger partial charge in [0.1, 0.15) is 17.2 Å². The lowest BCUT2D eigenvalue weighted by molar-refractivity contribution is -0.249. The molecule has 4 aromatic rings. The van der Waals surface area contributed by atoms with Crippen LogP contribution >= 0.6 is 0 Å². The van der Waals surface area contributed by atoms with Crippen molar-refractivity contribution in [2.24, 2.45) is 0 Å². The molecule has 0 bridgehead atoms. The molecule has 1 fully saturated rings. The lowest BCUT2D eigenvalue weighted by Gasteiger charge is -2.46. The Morgan fingerprint density at radius 2 is 1.85 bits per heavy atom. The molecule has 2 aromatic carbocycles. The number of benzene rings is 2. The molecule has 0 saturated heterocycles. The van der Waals surface area contributed by atoms with Gasteiger partial charge in [-0.2, -0.15) is 17.2 Å². The summed E-state index contributed by atoms with van der Waals surface area (Å²) in [5, 5.41) is 20.8. The van der Waals surface area contributed by atoms with Crippen molar-refractivity contribution in [2.45, 2.75) is 56.5 Å². The van der Waals surface area contributed by atoms with Crippen LogP contribution in [-0.2, 0) is 22.0 Å². The zero-order chi connectivity index (χ0) is 29.3. The Bertz CT molecular complexity index is 1800. The molecule has 10 nitrogen and oxygen atoms in total. The van der Waals surface area contributed by atoms with Gasteiger partial charge in [0.2, 0.25) is 5.69 Å². The number of alkyl halides is 2. The summed E-state index contributed by atoms with van der Waals surface area (Å²) >= 11 is 0. The molecule has 0 amide bonds. The molecule has 6 rings (SSSR count). The summed E-state index contributed by atoms with van der Waals surface area (Å²) in [4.78, 5) is 13.5. The van der Waals surface area contributed by atoms with E-state index >= 15 is 0 Å². The zero-order valence-electron chi connectivity index (χ0n) is 22.3. The van der Waals surface area contributed by atoms with Gasteiger partial charge in [0, 0.05) is 43.3 Å². The second-order valence-corrected chi connectivity index (χ2v) is 12.9. The standard InChI is InChI=1S/C28H28F2N5O5S/c1-27(36)14-28(37,15-27)25-31-12-17(13-32-25)16-7-8-18-21(11-16)35-20(9-10-23(35)33-18)24-19(34(2)41(3,38)39)5-4-6-22(24)40-26(29)30/h4-8,11-13,20,26,36-37H,2,9-10,14-15H2,1,3H3/q+1/t20-,27?,28?/m1/s1. The van der Waals surface area contributed by atoms with Crippen molar-refractivity contribution >= 4 is 33.5 Å². The molecular formula is C28H28F2N5O5S+. The quantitative estimate of drug-likeness (QED) is 0.249. The van der Waals surface area contributed by atoms with E-state index in [2.05, 4.69) is 16.7 Å². The van der Waals surface area contributed by atoms with E-state index in [9.17, 15) is 27.4 Å². The highest BCUT2D eigenvalue weighted by molar-refractivity contribution is 7.84. The summed E-state index contributed by atoms with van der Waals surface area (Å²) in [7, 11) is -3.81. The molecule has 1 atom stereocenters. The number of sulfonamides is 1. The Labute approximate surface area is 234 Å². The Morgan fingerprint density at radius 3 is 2.49 bits per heavy atom. The van der Waals surface area contributed by atoms with E-state index in [1.807, 2.05) is 22.8 Å². The first kappa shape index (κ1) is 27.4. The number of hydrogen-bond donors (Lipinski definition) is 2. The summed E-state index contributed by atoms with van der Waals surface area (Å²) in [5.41, 5.74) is 1.02. The predicted octanol–water partition coefficient (Wildman–Crippen LogP) is 3.67. The van der Waals surface area contributed by atoms with E-state index in [1.54, 1.807) is 19.3 Å². The van der Waals surface area contributed by atoms with Gasteiger partial charge in [-0.05, 0) is 37.1 Å². The van der Waals surface area contributed by atoms with E-state index in [4.69, 9.17) is 9.72 Å². The molecule has 13 heteroatoms. The molecule has 1 saturated carbocycles. The van der Waals surface area contributed by atoms with Crippen molar-refractivity contribution in [3.05, 3.63) is 66.0 Å². The molecule has 0 radical (unpaired) electrons. The fraction of sp³-hybridized carbons (Fsp3) is 0.357. The smallest absolute Gasteiger partial charge is 0.387 e. The maximum atomic E-state index is 13.4. The summed E-state index contributed by atoms with van der Waals surface area (Å²) in [6, 6.07) is 9.38. The third-order valence-corrected chi connectivity index (χ3v) is 8.72. The molecule has 0 spiro atoms. The van der Waals surface area contributed by atoms with Crippen molar-refractivity contribution < 1.29 is 36.1 Å². The molecule has 0 unspecified atom stereocenters. The Hall–Kier alpha value is -3.81. The van der Waals surface area contributed by atoms with Crippen molar-refractivity contribution in [2.75, 3.05) is 6.26 Å². The minimum absolute atomic E-state index is 0.137. The summed E-state index contributed by atoms with van der Waals surface area (Å²) in [6.45, 7) is 2.21. The summed E-state index contributed by atoms with van der Waals surface area (Å²) in [6.07, 6.45) is 5.51. The lowest BCUT2D eigenvalue weighted by atomic mass is 9.68. The van der Waals surface area contributed by atoms with Crippen molar-refractivity contribution in [3.63, 3.8) is 0 Å². The molecule has 1 aliphatic carbocycles. The maximum Gasteiger partial charge on any atom is 0.387 e. The molecular weight excluding hydrogens is 556 g/mol. The third kappa shape index (κ3) is 4.77. The number of fused-ring (bicyclic) bond motifs is 3. The minimum Gasteiger partial charge on any atom is -0.434 e. The highest BCUT2D eigenvalue weighted by Gasteiger charge is 2.53. The Morgan fingerprint density at radius 1 is 1.15 bits per heavy atom. The van der Waals surface area contributed by atoms with E-state index in [-0.39, 0.29) is 35.7 Å². The fourth-order valence-corrected chi connectivity index (χ4v) is 6.58. The largest absolute Gasteiger partial charge is 0.434 e. The van der Waals surface area contributed by atoms with Crippen molar-refractivity contribution in [1.29, 1.82) is 0 Å². The van der Waals surface area contributed by atoms with Crippen LogP contribution in [0, 0.1) is 0 Å². The van der Waals surface area contributed by atoms with Crippen LogP contribution in [0.3, 0.4) is 0 Å². The van der Waals surface area contributed by atoms with Gasteiger partial charge in [-0.25, -0.2) is 15.0 Å². The highest BCUT2D eigenvalue weighted by Crippen LogP contribution is 2.47. The first-order valence-electron chi connectivity index (χ1n) is 12.9. The molecule has 2 N–H and O–H groups in total. The summed E-state index contributed by atoms with van der Waals surface area (Å²) in [5.74, 6) is 0.828. The van der Waals surface area contributed by atoms with Gasteiger partial charge in [0.15, 0.2) is 12.5 Å². The van der Waals surface area contributed by atoms with Crippen LogP contribution in [0.5, 0.6) is 5.75 Å². The number of aromatic nitrogens is 4. The van der Waals surface area contributed by atoms with Crippen molar-refractivity contribution in [3.8, 4) is 16.9 Å². The number of ether oxygens (including phenoxy) is 1. The van der Waals surface area contributed by atoms with Gasteiger partial charge in [-0.1, -0.05) is 16.1 Å². The first-order chi connectivity index (χ1) is 19.3. The van der Waals surface area contributed by atoms with Crippen molar-refractivity contribution in [1.82, 2.24) is 19.5 Å². The average molecular weight is 585 g/mol. The second-order valence-electron chi connectivity index (χ2n) is 11.0. The van der Waals surface area contributed by atoms with Gasteiger partial charge < -0.3 is 19.5 Å². The van der Waals surface area contributed by atoms with E-state index in [0.29, 0.717) is 29.4 Å². The summed E-state index contributed by atoms with van der Waals surface area (Å²) < 4.78 is 59.2. The first-order valence-corrected chi connectivity index (χ1v) is 14.8. The van der Waals surface area contributed by atoms with Gasteiger partial charge >= 0.3 is 16.6 Å². The van der Waals surface area contributed by atoms with Crippen LogP contribution in [0.4, 0.5) is 14.5 Å². The van der Waals surface area contributed by atoms with Crippen LogP contribution in [0.15, 0.2) is 48.8 Å². The van der Waals surface area contributed by atoms with E-state index in [0.717, 1.165) is 21.6 Å². The number of halogens is 2. The minimum atomic E-state index is -3.81. The zero-order valence-corrected chi connectivity index (χ0v) is 23.1. The van der Waals surface area contributed by atoms with Crippen LogP contribution < -0.4 is 4.74 Å². The number of aryl methyl sites for hydroxylation is 1. The topological polar surface area (TPSA) is 130 Å². The van der Waals surface area contributed by atoms with Gasteiger partial charge in [0.05, 0.1) is 34.5 Å². The second kappa shape index (κ2) is 9.36. The van der Waals surface area contributed by atoms with E-state index in [1.165, 1.54) is 18.2 Å². The van der Waals surface area contributed by atoms with Crippen LogP contribution in [0.25, 0.3) is 22.2 Å². The van der Waals surface area contributed by atoms with Gasteiger partial charge in [-0.15, -0.1) is 0 Å². The normalized spacial score (nSPS) is 23.9. The van der Waals surface area contributed by atoms with Crippen LogP contribution in [0.1, 0.15) is 49.4 Å². The molecule has 2 aliphatic rings. The Balaban J connectivity index is 1.43. The molecule has 2 aromatic heterocycles. The average Bonchev–Trinajstić information content (AvgIpc) is 3.45. The fourth-order valence-electron chi connectivity index (χ4n) is 6.06. The number of nitrogens with zero attached hydrogens (tertiary/aromatic N) is 5. The SMILES string of the molecule is C=[N+](c1cccc(OC(F)F)c1[C@H]1CCc2nc3ccc(-c4cnc(C5(O)CC(C)(O)C5)nc4)cc3n21)S(C)(=O)=O. The number of hydrogen-bond acceptors (Lipinski definition) is 8. The van der Waals surface area contributed by atoms with Gasteiger partial charge in [0.25, 0.3) is 0 Å². The molecule has 1 aliphatic heterocycles. The van der Waals surface area contributed by atoms with E-state index < -0.39 is 33.9 Å². The maximum absolute atomic E-state index is 13.4. The number of imidazole rings is 1. The Kier molecular flexibility index (Phi) is 6.25. The van der Waals surface area contributed by atoms with Crippen LogP contribution in [-0.4, -0.2) is 67.3 Å².